The number of amides is 1. The van der Waals surface area contributed by atoms with E-state index in [0.29, 0.717) is 38.6 Å². The second-order valence-electron chi connectivity index (χ2n) is 9.00. The molecule has 2 N–H and O–H groups in total. The van der Waals surface area contributed by atoms with Crippen molar-refractivity contribution in [3.05, 3.63) is 0 Å². The minimum atomic E-state index is -3.76. The van der Waals surface area contributed by atoms with Crippen LogP contribution in [0.3, 0.4) is 0 Å². The van der Waals surface area contributed by atoms with E-state index in [1.54, 1.807) is 4.90 Å². The summed E-state index contributed by atoms with van der Waals surface area (Å²) in [4.78, 5) is 16.2. The molecule has 0 saturated carbocycles. The maximum absolute atomic E-state index is 12.2. The first-order chi connectivity index (χ1) is 12.2. The molecule has 1 atom stereocenters. The molecule has 1 heterocycles. The molecule has 1 unspecified atom stereocenters. The molecule has 8 nitrogen and oxygen atoms in total. The van der Waals surface area contributed by atoms with Gasteiger partial charge in [-0.3, -0.25) is 4.90 Å². The molecule has 1 aliphatic rings. The number of piperazine rings is 1. The van der Waals surface area contributed by atoms with Gasteiger partial charge in [0, 0.05) is 44.8 Å². The summed E-state index contributed by atoms with van der Waals surface area (Å²) in [6, 6.07) is -0.135. The van der Waals surface area contributed by atoms with E-state index in [2.05, 4.69) is 18.7 Å². The van der Waals surface area contributed by atoms with Crippen molar-refractivity contribution in [3.8, 4) is 0 Å². The highest BCUT2D eigenvalue weighted by molar-refractivity contribution is 7.86. The second-order valence-corrected chi connectivity index (χ2v) is 10.5. The van der Waals surface area contributed by atoms with Crippen LogP contribution in [0.2, 0.25) is 0 Å². The molecule has 1 aliphatic heterocycles. The van der Waals surface area contributed by atoms with Gasteiger partial charge in [-0.2, -0.15) is 12.7 Å². The summed E-state index contributed by atoms with van der Waals surface area (Å²) in [5, 5.41) is 5.42. The number of nitrogens with zero attached hydrogens (tertiary/aromatic N) is 3. The average Bonchev–Trinajstić information content (AvgIpc) is 2.47. The lowest BCUT2D eigenvalue weighted by molar-refractivity contribution is 0.00790. The Morgan fingerprint density at radius 1 is 1.11 bits per heavy atom. The number of carbonyl (C=O) groups is 1. The Kier molecular flexibility index (Phi) is 8.53. The van der Waals surface area contributed by atoms with Crippen LogP contribution in [0.25, 0.3) is 0 Å². The summed E-state index contributed by atoms with van der Waals surface area (Å²) < 4.78 is 30.7. The van der Waals surface area contributed by atoms with Gasteiger partial charge >= 0.3 is 6.09 Å². The van der Waals surface area contributed by atoms with Crippen LogP contribution in [0.1, 0.15) is 54.9 Å². The van der Waals surface area contributed by atoms with E-state index < -0.39 is 15.8 Å². The molecule has 1 amide bonds. The topological polar surface area (TPSA) is 96.2 Å². The van der Waals surface area contributed by atoms with Crippen LogP contribution >= 0.6 is 0 Å². The van der Waals surface area contributed by atoms with Gasteiger partial charge in [0.25, 0.3) is 10.2 Å². The molecule has 0 aliphatic carbocycles. The lowest BCUT2D eigenvalue weighted by Crippen LogP contribution is -2.56. The molecule has 160 valence electrons. The predicted molar refractivity (Wildman–Crippen MR) is 108 cm³/mol. The highest BCUT2D eigenvalue weighted by atomic mass is 32.2. The van der Waals surface area contributed by atoms with Gasteiger partial charge in [0.2, 0.25) is 0 Å². The summed E-state index contributed by atoms with van der Waals surface area (Å²) in [6.45, 7) is 16.4. The highest BCUT2D eigenvalue weighted by Crippen LogP contribution is 2.19. The number of rotatable bonds is 7. The van der Waals surface area contributed by atoms with Crippen molar-refractivity contribution in [1.82, 2.24) is 14.1 Å². The first kappa shape index (κ1) is 24.1. The third-order valence-corrected chi connectivity index (χ3v) is 5.74. The summed E-state index contributed by atoms with van der Waals surface area (Å²) in [6.07, 6.45) is 0.571. The molecule has 9 heteroatoms. The van der Waals surface area contributed by atoms with Crippen LogP contribution in [0.5, 0.6) is 0 Å². The van der Waals surface area contributed by atoms with Crippen molar-refractivity contribution in [2.75, 3.05) is 32.7 Å². The monoisotopic (exact) mass is 406 g/mol. The quantitative estimate of drug-likeness (QED) is 0.696. The maximum atomic E-state index is 12.2. The summed E-state index contributed by atoms with van der Waals surface area (Å²) in [5.74, 6) is 0.424. The molecule has 27 heavy (non-hydrogen) atoms. The van der Waals surface area contributed by atoms with E-state index >= 15 is 0 Å². The zero-order valence-corrected chi connectivity index (χ0v) is 18.8. The molecule has 1 rings (SSSR count). The minimum Gasteiger partial charge on any atom is -0.444 e. The van der Waals surface area contributed by atoms with Crippen LogP contribution in [-0.2, 0) is 14.9 Å². The van der Waals surface area contributed by atoms with Crippen LogP contribution in [0.4, 0.5) is 4.79 Å². The van der Waals surface area contributed by atoms with Gasteiger partial charge in [0.1, 0.15) is 5.60 Å². The Labute approximate surface area is 165 Å². The van der Waals surface area contributed by atoms with Crippen molar-refractivity contribution in [3.63, 3.8) is 0 Å². The Balaban J connectivity index is 2.79. The van der Waals surface area contributed by atoms with E-state index in [-0.39, 0.29) is 18.2 Å². The summed E-state index contributed by atoms with van der Waals surface area (Å²) in [5.41, 5.74) is -0.512. The zero-order valence-electron chi connectivity index (χ0n) is 17.9. The number of nitrogens with two attached hydrogens (primary N) is 1. The molecule has 0 bridgehead atoms. The third-order valence-electron chi connectivity index (χ3n) is 4.52. The fourth-order valence-electron chi connectivity index (χ4n) is 3.30. The Bertz CT molecular complexity index is 579. The lowest BCUT2D eigenvalue weighted by atomic mass is 10.0. The van der Waals surface area contributed by atoms with Crippen molar-refractivity contribution in [1.29, 1.82) is 0 Å². The number of hydrogen-bond donors (Lipinski definition) is 1. The van der Waals surface area contributed by atoms with E-state index in [0.717, 1.165) is 6.42 Å². The van der Waals surface area contributed by atoms with Gasteiger partial charge in [-0.15, -0.1) is 0 Å². The highest BCUT2D eigenvalue weighted by Gasteiger charge is 2.32. The van der Waals surface area contributed by atoms with Crippen LogP contribution < -0.4 is 5.14 Å². The lowest BCUT2D eigenvalue weighted by Gasteiger charge is -2.41. The van der Waals surface area contributed by atoms with Gasteiger partial charge in [-0.25, -0.2) is 9.93 Å². The molecule has 0 radical (unpaired) electrons. The molecular weight excluding hydrogens is 368 g/mol. The van der Waals surface area contributed by atoms with Gasteiger partial charge in [0.15, 0.2) is 0 Å². The van der Waals surface area contributed by atoms with Gasteiger partial charge < -0.3 is 9.64 Å². The molecule has 1 fully saturated rings. The SMILES string of the molecule is CC(C)CC(CN(C(C)C)S(N)(=O)=O)N1CCN(C(=O)OC(C)(C)C)CC1. The van der Waals surface area contributed by atoms with Gasteiger partial charge in [0.05, 0.1) is 0 Å². The Morgan fingerprint density at radius 3 is 2.00 bits per heavy atom. The van der Waals surface area contributed by atoms with E-state index in [4.69, 9.17) is 9.88 Å². The molecule has 0 aromatic carbocycles. The Hall–Kier alpha value is -0.900. The summed E-state index contributed by atoms with van der Waals surface area (Å²) >= 11 is 0. The predicted octanol–water partition coefficient (Wildman–Crippen LogP) is 1.87. The van der Waals surface area contributed by atoms with Crippen molar-refractivity contribution >= 4 is 16.3 Å². The molecule has 1 saturated heterocycles. The maximum Gasteiger partial charge on any atom is 0.410 e. The second kappa shape index (κ2) is 9.54. The Morgan fingerprint density at radius 2 is 1.63 bits per heavy atom. The number of ether oxygens (including phenoxy) is 1. The van der Waals surface area contributed by atoms with Crippen molar-refractivity contribution < 1.29 is 17.9 Å². The number of hydrogen-bond acceptors (Lipinski definition) is 5. The van der Waals surface area contributed by atoms with Gasteiger partial charge in [-0.1, -0.05) is 13.8 Å². The van der Waals surface area contributed by atoms with Crippen molar-refractivity contribution in [2.45, 2.75) is 72.6 Å². The van der Waals surface area contributed by atoms with E-state index in [1.807, 2.05) is 34.6 Å². The van der Waals surface area contributed by atoms with E-state index in [1.165, 1.54) is 4.31 Å². The smallest absolute Gasteiger partial charge is 0.410 e. The molecule has 0 aromatic rings. The van der Waals surface area contributed by atoms with Crippen LogP contribution in [0, 0.1) is 5.92 Å². The normalized spacial score (nSPS) is 18.4. The minimum absolute atomic E-state index is 0.0616. The summed E-state index contributed by atoms with van der Waals surface area (Å²) in [7, 11) is -3.76. The van der Waals surface area contributed by atoms with Crippen LogP contribution in [-0.4, -0.2) is 79.0 Å². The first-order valence-corrected chi connectivity index (χ1v) is 11.2. The number of carbonyl (C=O) groups excluding carboxylic acids is 1. The fourth-order valence-corrected chi connectivity index (χ4v) is 4.26. The molecular formula is C18H38N4O4S. The van der Waals surface area contributed by atoms with Gasteiger partial charge in [-0.05, 0) is 47.0 Å². The largest absolute Gasteiger partial charge is 0.444 e. The average molecular weight is 407 g/mol. The molecule has 0 aromatic heterocycles. The van der Waals surface area contributed by atoms with Crippen molar-refractivity contribution in [2.24, 2.45) is 11.1 Å². The standard InChI is InChI=1S/C18H38N4O4S/c1-14(2)12-16(13-22(15(3)4)27(19,24)25)20-8-10-21(11-9-20)17(23)26-18(5,6)7/h14-16H,8-13H2,1-7H3,(H2,19,24,25). The first-order valence-electron chi connectivity index (χ1n) is 9.72. The van der Waals surface area contributed by atoms with Crippen LogP contribution in [0.15, 0.2) is 0 Å². The van der Waals surface area contributed by atoms with E-state index in [9.17, 15) is 13.2 Å². The fraction of sp³-hybridized carbons (Fsp3) is 0.944. The zero-order chi connectivity index (χ0) is 21.0. The molecule has 0 spiro atoms. The third kappa shape index (κ3) is 8.33.